The van der Waals surface area contributed by atoms with Crippen molar-refractivity contribution in [2.75, 3.05) is 26.2 Å². The summed E-state index contributed by atoms with van der Waals surface area (Å²) in [5.74, 6) is 4.53. The van der Waals surface area contributed by atoms with Gasteiger partial charge in [0.05, 0.1) is 19.7 Å². The van der Waals surface area contributed by atoms with Crippen molar-refractivity contribution in [1.82, 2.24) is 4.90 Å². The molecule has 80 valence electrons. The van der Waals surface area contributed by atoms with Gasteiger partial charge < -0.3 is 4.74 Å². The third-order valence-corrected chi connectivity index (χ3v) is 1.61. The fourth-order valence-corrected chi connectivity index (χ4v) is 0.994. The number of carbonyl (C=O) groups excluding carboxylic acids is 1. The van der Waals surface area contributed by atoms with Crippen LogP contribution in [0.2, 0.25) is 0 Å². The lowest BCUT2D eigenvalue weighted by Crippen LogP contribution is -2.29. The van der Waals surface area contributed by atoms with Gasteiger partial charge in [-0.1, -0.05) is 18.4 Å². The van der Waals surface area contributed by atoms with E-state index in [1.54, 1.807) is 11.8 Å². The Labute approximate surface area is 91.1 Å². The predicted octanol–water partition coefficient (Wildman–Crippen LogP) is 0.674. The van der Waals surface area contributed by atoms with Crippen LogP contribution < -0.4 is 0 Å². The van der Waals surface area contributed by atoms with Crippen LogP contribution in [0.4, 0.5) is 0 Å². The van der Waals surface area contributed by atoms with E-state index < -0.39 is 5.97 Å². The Balaban J connectivity index is 4.17. The first kappa shape index (κ1) is 13.3. The molecule has 0 aromatic carbocycles. The second-order valence-corrected chi connectivity index (χ2v) is 2.88. The van der Waals surface area contributed by atoms with E-state index in [1.165, 1.54) is 0 Å². The SMILES string of the molecule is C#CCN(CC#C)CC(=C)C(=O)OCC. The van der Waals surface area contributed by atoms with Crippen molar-refractivity contribution in [3.05, 3.63) is 12.2 Å². The van der Waals surface area contributed by atoms with E-state index in [0.29, 0.717) is 31.8 Å². The standard InChI is InChI=1S/C12H15NO2/c1-5-8-13(9-6-2)10-11(4)12(14)15-7-3/h1-2H,4,7-10H2,3H3. The highest BCUT2D eigenvalue weighted by Crippen LogP contribution is 1.99. The largest absolute Gasteiger partial charge is 0.463 e. The minimum Gasteiger partial charge on any atom is -0.463 e. The van der Waals surface area contributed by atoms with Crippen molar-refractivity contribution < 1.29 is 9.53 Å². The summed E-state index contributed by atoms with van der Waals surface area (Å²) in [7, 11) is 0. The van der Waals surface area contributed by atoms with Crippen LogP contribution in [0.5, 0.6) is 0 Å². The molecule has 0 unspecified atom stereocenters. The quantitative estimate of drug-likeness (QED) is 0.363. The Kier molecular flexibility index (Phi) is 6.80. The van der Waals surface area contributed by atoms with Crippen LogP contribution in [0.3, 0.4) is 0 Å². The zero-order chi connectivity index (χ0) is 11.7. The second kappa shape index (κ2) is 7.67. The lowest BCUT2D eigenvalue weighted by atomic mass is 10.3. The van der Waals surface area contributed by atoms with Crippen LogP contribution in [-0.4, -0.2) is 37.1 Å². The molecule has 0 N–H and O–H groups in total. The first-order valence-corrected chi connectivity index (χ1v) is 4.59. The number of hydrogen-bond acceptors (Lipinski definition) is 3. The molecule has 15 heavy (non-hydrogen) atoms. The van der Waals surface area contributed by atoms with E-state index in [2.05, 4.69) is 18.4 Å². The summed E-state index contributed by atoms with van der Waals surface area (Å²) in [6.07, 6.45) is 10.3. The van der Waals surface area contributed by atoms with Crippen LogP contribution in [-0.2, 0) is 9.53 Å². The van der Waals surface area contributed by atoms with E-state index >= 15 is 0 Å². The molecule has 0 aromatic rings. The molecule has 3 nitrogen and oxygen atoms in total. The van der Waals surface area contributed by atoms with Gasteiger partial charge in [0, 0.05) is 12.1 Å². The Morgan fingerprint density at radius 3 is 2.33 bits per heavy atom. The Morgan fingerprint density at radius 2 is 1.93 bits per heavy atom. The van der Waals surface area contributed by atoms with Gasteiger partial charge in [-0.3, -0.25) is 4.90 Å². The lowest BCUT2D eigenvalue weighted by Gasteiger charge is -2.17. The number of ether oxygens (including phenoxy) is 1. The summed E-state index contributed by atoms with van der Waals surface area (Å²) in [5.41, 5.74) is 0.363. The van der Waals surface area contributed by atoms with Gasteiger partial charge >= 0.3 is 5.97 Å². The van der Waals surface area contributed by atoms with Crippen LogP contribution in [0, 0.1) is 24.7 Å². The number of nitrogens with zero attached hydrogens (tertiary/aromatic N) is 1. The molecule has 0 saturated heterocycles. The summed E-state index contributed by atoms with van der Waals surface area (Å²) in [6.45, 7) is 6.82. The minimum absolute atomic E-state index is 0.335. The predicted molar refractivity (Wildman–Crippen MR) is 59.9 cm³/mol. The van der Waals surface area contributed by atoms with Crippen LogP contribution in [0.1, 0.15) is 6.92 Å². The van der Waals surface area contributed by atoms with Crippen LogP contribution >= 0.6 is 0 Å². The number of hydrogen-bond donors (Lipinski definition) is 0. The maximum absolute atomic E-state index is 11.2. The molecular formula is C12H15NO2. The fourth-order valence-electron chi connectivity index (χ4n) is 0.994. The summed E-state index contributed by atoms with van der Waals surface area (Å²) in [4.78, 5) is 13.0. The molecule has 0 bridgehead atoms. The van der Waals surface area contributed by atoms with Gasteiger partial charge in [0.15, 0.2) is 0 Å². The first-order valence-electron chi connectivity index (χ1n) is 4.59. The summed E-state index contributed by atoms with van der Waals surface area (Å²) in [5, 5.41) is 0. The van der Waals surface area contributed by atoms with Gasteiger partial charge in [-0.2, -0.15) is 0 Å². The Hall–Kier alpha value is -1.71. The third-order valence-electron chi connectivity index (χ3n) is 1.61. The highest BCUT2D eigenvalue weighted by atomic mass is 16.5. The van der Waals surface area contributed by atoms with Gasteiger partial charge in [0.25, 0.3) is 0 Å². The van der Waals surface area contributed by atoms with Gasteiger partial charge in [-0.25, -0.2) is 4.79 Å². The molecule has 0 atom stereocenters. The maximum atomic E-state index is 11.2. The molecule has 0 aromatic heterocycles. The average molecular weight is 205 g/mol. The maximum Gasteiger partial charge on any atom is 0.334 e. The fraction of sp³-hybridized carbons (Fsp3) is 0.417. The van der Waals surface area contributed by atoms with Crippen molar-refractivity contribution in [2.24, 2.45) is 0 Å². The number of carbonyl (C=O) groups is 1. The Bertz CT molecular complexity index is 291. The van der Waals surface area contributed by atoms with Crippen molar-refractivity contribution in [1.29, 1.82) is 0 Å². The molecule has 3 heteroatoms. The van der Waals surface area contributed by atoms with Crippen LogP contribution in [0.15, 0.2) is 12.2 Å². The number of esters is 1. The van der Waals surface area contributed by atoms with Gasteiger partial charge in [0.2, 0.25) is 0 Å². The molecule has 0 radical (unpaired) electrons. The highest BCUT2D eigenvalue weighted by molar-refractivity contribution is 5.88. The summed E-state index contributed by atoms with van der Waals surface area (Å²) in [6, 6.07) is 0. The molecule has 0 spiro atoms. The molecule has 0 heterocycles. The molecule has 0 aliphatic heterocycles. The average Bonchev–Trinajstić information content (AvgIpc) is 2.18. The molecule has 0 aliphatic rings. The highest BCUT2D eigenvalue weighted by Gasteiger charge is 2.11. The van der Waals surface area contributed by atoms with Crippen LogP contribution in [0.25, 0.3) is 0 Å². The van der Waals surface area contributed by atoms with E-state index in [9.17, 15) is 4.79 Å². The van der Waals surface area contributed by atoms with Gasteiger partial charge in [-0.15, -0.1) is 12.8 Å². The van der Waals surface area contributed by atoms with E-state index in [0.717, 1.165) is 0 Å². The number of rotatable bonds is 6. The molecule has 0 fully saturated rings. The zero-order valence-corrected chi connectivity index (χ0v) is 8.95. The number of terminal acetylenes is 2. The van der Waals surface area contributed by atoms with E-state index in [1.807, 2.05) is 0 Å². The zero-order valence-electron chi connectivity index (χ0n) is 8.95. The van der Waals surface area contributed by atoms with Crippen molar-refractivity contribution in [3.8, 4) is 24.7 Å². The van der Waals surface area contributed by atoms with E-state index in [4.69, 9.17) is 17.6 Å². The molecule has 0 aliphatic carbocycles. The molecule has 0 rings (SSSR count). The van der Waals surface area contributed by atoms with Crippen molar-refractivity contribution >= 4 is 5.97 Å². The molecule has 0 saturated carbocycles. The third kappa shape index (κ3) is 5.57. The Morgan fingerprint density at radius 1 is 1.40 bits per heavy atom. The van der Waals surface area contributed by atoms with Crippen molar-refractivity contribution in [3.63, 3.8) is 0 Å². The minimum atomic E-state index is -0.406. The smallest absolute Gasteiger partial charge is 0.334 e. The van der Waals surface area contributed by atoms with Gasteiger partial charge in [-0.05, 0) is 6.92 Å². The lowest BCUT2D eigenvalue weighted by molar-refractivity contribution is -0.138. The molecule has 0 amide bonds. The van der Waals surface area contributed by atoms with Gasteiger partial charge in [0.1, 0.15) is 0 Å². The summed E-state index contributed by atoms with van der Waals surface area (Å²) < 4.78 is 4.79. The topological polar surface area (TPSA) is 29.5 Å². The second-order valence-electron chi connectivity index (χ2n) is 2.88. The molecular weight excluding hydrogens is 190 g/mol. The van der Waals surface area contributed by atoms with E-state index in [-0.39, 0.29) is 0 Å². The first-order chi connectivity index (χ1) is 7.15. The normalized spacial score (nSPS) is 9.07. The monoisotopic (exact) mass is 205 g/mol. The van der Waals surface area contributed by atoms with Crippen molar-refractivity contribution in [2.45, 2.75) is 6.92 Å². The summed E-state index contributed by atoms with van der Waals surface area (Å²) >= 11 is 0.